The molecule has 3 aliphatic rings. The number of esters is 1. The lowest BCUT2D eigenvalue weighted by Gasteiger charge is -2.25. The van der Waals surface area contributed by atoms with E-state index in [-0.39, 0.29) is 23.6 Å². The van der Waals surface area contributed by atoms with Gasteiger partial charge in [0.2, 0.25) is 11.7 Å². The van der Waals surface area contributed by atoms with Gasteiger partial charge in [-0.05, 0) is 68.1 Å². The van der Waals surface area contributed by atoms with E-state index in [1.54, 1.807) is 6.07 Å². The molecule has 0 spiro atoms. The first-order valence-corrected chi connectivity index (χ1v) is 14.8. The average molecular weight is 560 g/mol. The molecular formula is C31H37N5O5. The Balaban J connectivity index is 1.11. The maximum Gasteiger partial charge on any atom is 0.328 e. The van der Waals surface area contributed by atoms with Crippen molar-refractivity contribution >= 4 is 17.8 Å². The Kier molecular flexibility index (Phi) is 7.89. The highest BCUT2D eigenvalue weighted by atomic mass is 16.5. The van der Waals surface area contributed by atoms with Gasteiger partial charge in [-0.3, -0.25) is 14.7 Å². The Labute approximate surface area is 239 Å². The summed E-state index contributed by atoms with van der Waals surface area (Å²) in [6.07, 6.45) is 12.3. The van der Waals surface area contributed by atoms with Crippen LogP contribution in [0.5, 0.6) is 0 Å². The van der Waals surface area contributed by atoms with Gasteiger partial charge in [0, 0.05) is 17.2 Å². The Morgan fingerprint density at radius 1 is 0.976 bits per heavy atom. The molecule has 3 saturated carbocycles. The van der Waals surface area contributed by atoms with E-state index in [1.165, 1.54) is 45.4 Å². The second-order valence-corrected chi connectivity index (χ2v) is 11.7. The summed E-state index contributed by atoms with van der Waals surface area (Å²) < 4.78 is 10.8. The van der Waals surface area contributed by atoms with Crippen molar-refractivity contribution < 1.29 is 23.5 Å². The number of benzene rings is 1. The average Bonchev–Trinajstić information content (AvgIpc) is 3.92. The van der Waals surface area contributed by atoms with E-state index in [0.717, 1.165) is 31.2 Å². The maximum atomic E-state index is 13.0. The molecule has 3 fully saturated rings. The number of carbonyl (C=O) groups excluding carboxylic acids is 3. The van der Waals surface area contributed by atoms with Crippen molar-refractivity contribution in [3.05, 3.63) is 48.0 Å². The fourth-order valence-corrected chi connectivity index (χ4v) is 6.01. The molecule has 3 aromatic rings. The molecule has 10 nitrogen and oxygen atoms in total. The third-order valence-electron chi connectivity index (χ3n) is 8.60. The molecule has 1 aromatic carbocycles. The minimum atomic E-state index is -0.734. The minimum Gasteiger partial charge on any atom is -0.467 e. The summed E-state index contributed by atoms with van der Waals surface area (Å²) >= 11 is 0. The molecule has 0 radical (unpaired) electrons. The van der Waals surface area contributed by atoms with Gasteiger partial charge >= 0.3 is 5.97 Å². The molecule has 0 saturated heterocycles. The predicted octanol–water partition coefficient (Wildman–Crippen LogP) is 4.89. The van der Waals surface area contributed by atoms with E-state index >= 15 is 0 Å². The second kappa shape index (κ2) is 11.9. The number of aromatic nitrogens is 3. The normalized spacial score (nSPS) is 18.2. The van der Waals surface area contributed by atoms with Crippen LogP contribution in [-0.2, 0) is 9.53 Å². The van der Waals surface area contributed by atoms with Crippen molar-refractivity contribution in [1.82, 2.24) is 25.8 Å². The number of ether oxygens (including phenoxy) is 1. The molecule has 2 heterocycles. The molecular weight excluding hydrogens is 522 g/mol. The van der Waals surface area contributed by atoms with Crippen LogP contribution in [0.4, 0.5) is 0 Å². The molecule has 10 heteroatoms. The van der Waals surface area contributed by atoms with E-state index in [4.69, 9.17) is 9.15 Å². The number of oxazole rings is 1. The largest absolute Gasteiger partial charge is 0.467 e. The summed E-state index contributed by atoms with van der Waals surface area (Å²) in [7, 11) is 1.33. The zero-order valence-electron chi connectivity index (χ0n) is 23.4. The lowest BCUT2D eigenvalue weighted by Crippen LogP contribution is -2.42. The summed E-state index contributed by atoms with van der Waals surface area (Å²) in [6, 6.07) is 8.69. The highest BCUT2D eigenvalue weighted by Crippen LogP contribution is 2.44. The van der Waals surface area contributed by atoms with Gasteiger partial charge in [-0.2, -0.15) is 5.10 Å². The van der Waals surface area contributed by atoms with Crippen LogP contribution in [0.25, 0.3) is 22.7 Å². The molecule has 1 atom stereocenters. The van der Waals surface area contributed by atoms with Crippen LogP contribution in [-0.4, -0.2) is 52.2 Å². The summed E-state index contributed by atoms with van der Waals surface area (Å²) in [5.41, 5.74) is 2.49. The maximum absolute atomic E-state index is 13.0. The summed E-state index contributed by atoms with van der Waals surface area (Å²) in [6.45, 7) is 0. The molecule has 3 aliphatic carbocycles. The highest BCUT2D eigenvalue weighted by molar-refractivity contribution is 5.95. The van der Waals surface area contributed by atoms with Gasteiger partial charge in [0.05, 0.1) is 19.0 Å². The fourth-order valence-electron chi connectivity index (χ4n) is 6.01. The first kappa shape index (κ1) is 27.2. The molecule has 216 valence electrons. The molecule has 0 unspecified atom stereocenters. The smallest absolute Gasteiger partial charge is 0.328 e. The number of aromatic amines is 1. The summed E-state index contributed by atoms with van der Waals surface area (Å²) in [5.74, 6) is 0.798. The number of carbonyl (C=O) groups is 3. The second-order valence-electron chi connectivity index (χ2n) is 11.7. The number of hydrogen-bond acceptors (Lipinski definition) is 7. The van der Waals surface area contributed by atoms with Gasteiger partial charge in [0.1, 0.15) is 11.7 Å². The topological polar surface area (TPSA) is 139 Å². The first-order valence-electron chi connectivity index (χ1n) is 14.8. The third-order valence-corrected chi connectivity index (χ3v) is 8.60. The van der Waals surface area contributed by atoms with Gasteiger partial charge in [-0.1, -0.05) is 44.2 Å². The number of H-pyrrole nitrogens is 1. The van der Waals surface area contributed by atoms with Gasteiger partial charge in [0.25, 0.3) is 11.8 Å². The molecule has 0 bridgehead atoms. The number of nitrogens with zero attached hydrogens (tertiary/aromatic N) is 2. The monoisotopic (exact) mass is 559 g/mol. The van der Waals surface area contributed by atoms with Crippen LogP contribution in [0.15, 0.2) is 40.9 Å². The number of methoxy groups -OCH3 is 1. The molecule has 2 aromatic heterocycles. The van der Waals surface area contributed by atoms with E-state index in [9.17, 15) is 14.4 Å². The number of hydrogen-bond donors (Lipinski definition) is 3. The highest BCUT2D eigenvalue weighted by Gasteiger charge is 2.42. The van der Waals surface area contributed by atoms with E-state index in [1.807, 2.05) is 24.3 Å². The predicted molar refractivity (Wildman–Crippen MR) is 151 cm³/mol. The van der Waals surface area contributed by atoms with E-state index in [2.05, 4.69) is 25.8 Å². The molecule has 41 heavy (non-hydrogen) atoms. The zero-order valence-corrected chi connectivity index (χ0v) is 23.4. The van der Waals surface area contributed by atoms with E-state index < -0.39 is 17.9 Å². The Hall–Kier alpha value is -3.95. The number of rotatable bonds is 11. The van der Waals surface area contributed by atoms with Crippen LogP contribution < -0.4 is 10.6 Å². The quantitative estimate of drug-likeness (QED) is 0.284. The van der Waals surface area contributed by atoms with Crippen LogP contribution in [0, 0.1) is 17.8 Å². The number of amides is 2. The molecule has 2 amide bonds. The van der Waals surface area contributed by atoms with Gasteiger partial charge < -0.3 is 19.8 Å². The van der Waals surface area contributed by atoms with Crippen molar-refractivity contribution in [2.24, 2.45) is 17.8 Å². The lowest BCUT2D eigenvalue weighted by molar-refractivity contribution is -0.143. The SMILES string of the molecule is COC(=O)[C@H](CC1CCCCC1)NC(=O)c1cnc(-c2cccc(-c3cc(C(=O)NC(C4CC4)C4CC4)[nH]n3)c2)o1. The Bertz CT molecular complexity index is 1390. The van der Waals surface area contributed by atoms with Crippen LogP contribution in [0.1, 0.15) is 85.3 Å². The summed E-state index contributed by atoms with van der Waals surface area (Å²) in [4.78, 5) is 42.6. The van der Waals surface area contributed by atoms with Crippen molar-refractivity contribution in [1.29, 1.82) is 0 Å². The Morgan fingerprint density at radius 2 is 1.71 bits per heavy atom. The van der Waals surface area contributed by atoms with Gasteiger partial charge in [0.15, 0.2) is 0 Å². The summed E-state index contributed by atoms with van der Waals surface area (Å²) in [5, 5.41) is 13.2. The van der Waals surface area contributed by atoms with Crippen LogP contribution in [0.2, 0.25) is 0 Å². The van der Waals surface area contributed by atoms with Gasteiger partial charge in [-0.25, -0.2) is 9.78 Å². The van der Waals surface area contributed by atoms with Gasteiger partial charge in [-0.15, -0.1) is 0 Å². The van der Waals surface area contributed by atoms with Crippen molar-refractivity contribution in [2.75, 3.05) is 7.11 Å². The minimum absolute atomic E-state index is 0.0163. The molecule has 0 aliphatic heterocycles. The Morgan fingerprint density at radius 3 is 2.41 bits per heavy atom. The standard InChI is InChI=1S/C31H37N5O5/c1-40-31(39)25(14-18-6-3-2-4-7-18)33-29(38)26-17-32-30(41-26)22-9-5-8-21(15-22)23-16-24(36-35-23)28(37)34-27(19-10-11-19)20-12-13-20/h5,8-9,15-20,25,27H,2-4,6-7,10-14H2,1H3,(H,33,38)(H,34,37)(H,35,36)/t25-/m0/s1. The number of nitrogens with one attached hydrogen (secondary N) is 3. The molecule has 3 N–H and O–H groups in total. The zero-order chi connectivity index (χ0) is 28.3. The molecule has 6 rings (SSSR count). The first-order chi connectivity index (χ1) is 20.0. The van der Waals surface area contributed by atoms with E-state index in [0.29, 0.717) is 41.1 Å². The van der Waals surface area contributed by atoms with Crippen LogP contribution >= 0.6 is 0 Å². The van der Waals surface area contributed by atoms with Crippen LogP contribution in [0.3, 0.4) is 0 Å². The lowest BCUT2D eigenvalue weighted by atomic mass is 9.85. The van der Waals surface area contributed by atoms with Crippen molar-refractivity contribution in [3.8, 4) is 22.7 Å². The fraction of sp³-hybridized carbons (Fsp3) is 0.516. The van der Waals surface area contributed by atoms with Crippen molar-refractivity contribution in [3.63, 3.8) is 0 Å². The van der Waals surface area contributed by atoms with Crippen molar-refractivity contribution in [2.45, 2.75) is 76.3 Å². The third kappa shape index (κ3) is 6.52.